The van der Waals surface area contributed by atoms with Gasteiger partial charge < -0.3 is 0 Å². The molecule has 132 valence electrons. The fourth-order valence-corrected chi connectivity index (χ4v) is 2.78. The molecule has 1 nitrogen and oxygen atoms in total. The second-order valence-electron chi connectivity index (χ2n) is 6.48. The van der Waals surface area contributed by atoms with Crippen LogP contribution in [-0.4, -0.2) is 6.29 Å². The molecule has 0 atom stereocenters. The number of carbonyl (C=O) groups is 1. The molecule has 0 N–H and O–H groups in total. The van der Waals surface area contributed by atoms with E-state index in [-0.39, 0.29) is 0 Å². The maximum Gasteiger partial charge on any atom is 0.145 e. The smallest absolute Gasteiger partial charge is 0.145 e. The molecule has 0 rings (SSSR count). The number of unbranched alkanes of at least 4 members (excludes halogenated alkanes) is 12. The maximum absolute atomic E-state index is 11.1. The Balaban J connectivity index is 3.47. The Bertz CT molecular complexity index is 314. The molecule has 0 aromatic heterocycles. The molecule has 1 heteroatoms. The van der Waals surface area contributed by atoms with Gasteiger partial charge >= 0.3 is 0 Å². The predicted molar refractivity (Wildman–Crippen MR) is 104 cm³/mol. The van der Waals surface area contributed by atoms with E-state index < -0.39 is 0 Å². The van der Waals surface area contributed by atoms with Crippen molar-refractivity contribution in [2.45, 2.75) is 96.3 Å². The van der Waals surface area contributed by atoms with E-state index in [1.165, 1.54) is 64.2 Å². The quantitative estimate of drug-likeness (QED) is 0.112. The summed E-state index contributed by atoms with van der Waals surface area (Å²) in [7, 11) is 0. The van der Waals surface area contributed by atoms with Crippen molar-refractivity contribution in [1.82, 2.24) is 0 Å². The molecule has 0 unspecified atom stereocenters. The van der Waals surface area contributed by atoms with Crippen molar-refractivity contribution in [1.29, 1.82) is 0 Å². The molecule has 23 heavy (non-hydrogen) atoms. The summed E-state index contributed by atoms with van der Waals surface area (Å²) in [5.41, 5.74) is 1.02. The van der Waals surface area contributed by atoms with Gasteiger partial charge in [0.25, 0.3) is 0 Å². The molecule has 0 aliphatic carbocycles. The molecule has 0 bridgehead atoms. The van der Waals surface area contributed by atoms with Crippen LogP contribution in [0.15, 0.2) is 37.0 Å². The minimum atomic E-state index is 0.965. The molecule has 0 saturated heterocycles. The summed E-state index contributed by atoms with van der Waals surface area (Å²) in [6.07, 6.45) is 25.6. The average molecular weight is 319 g/mol. The summed E-state index contributed by atoms with van der Waals surface area (Å²) in [5.74, 6) is 0. The fraction of sp³-hybridized carbons (Fsp3) is 0.682. The standard InChI is InChI=1S/C22H38O/c1-3-5-7-9-11-12-14-16-18-20-22(21-23)19-17-15-13-10-8-6-4-2/h3-4,20-21H,1-2,5-19H2/b22-20+. The highest BCUT2D eigenvalue weighted by atomic mass is 16.1. The van der Waals surface area contributed by atoms with Gasteiger partial charge in [0.2, 0.25) is 0 Å². The van der Waals surface area contributed by atoms with Gasteiger partial charge in [-0.1, -0.05) is 63.2 Å². The second-order valence-corrected chi connectivity index (χ2v) is 6.48. The molecule has 0 aromatic carbocycles. The van der Waals surface area contributed by atoms with Gasteiger partial charge in [0.1, 0.15) is 6.29 Å². The van der Waals surface area contributed by atoms with Crippen LogP contribution in [0, 0.1) is 0 Å². The van der Waals surface area contributed by atoms with Gasteiger partial charge in [0.05, 0.1) is 0 Å². The minimum Gasteiger partial charge on any atom is -0.298 e. The van der Waals surface area contributed by atoms with Crippen molar-refractivity contribution in [3.63, 3.8) is 0 Å². The zero-order valence-electron chi connectivity index (χ0n) is 15.2. The van der Waals surface area contributed by atoms with Crippen molar-refractivity contribution < 1.29 is 4.79 Å². The van der Waals surface area contributed by atoms with Crippen LogP contribution in [0.2, 0.25) is 0 Å². The van der Waals surface area contributed by atoms with Gasteiger partial charge in [-0.25, -0.2) is 0 Å². The molecule has 0 aliphatic heterocycles. The third-order valence-corrected chi connectivity index (χ3v) is 4.29. The first-order valence-electron chi connectivity index (χ1n) is 9.71. The van der Waals surface area contributed by atoms with E-state index in [1.807, 2.05) is 12.2 Å². The zero-order chi connectivity index (χ0) is 17.0. The molecular weight excluding hydrogens is 280 g/mol. The van der Waals surface area contributed by atoms with Crippen molar-refractivity contribution >= 4 is 6.29 Å². The Labute approximate surface area is 144 Å². The summed E-state index contributed by atoms with van der Waals surface area (Å²) < 4.78 is 0. The molecule has 0 fully saturated rings. The first-order valence-corrected chi connectivity index (χ1v) is 9.71. The van der Waals surface area contributed by atoms with E-state index in [2.05, 4.69) is 19.2 Å². The van der Waals surface area contributed by atoms with Crippen molar-refractivity contribution in [2.24, 2.45) is 0 Å². The van der Waals surface area contributed by atoms with Crippen LogP contribution in [0.25, 0.3) is 0 Å². The summed E-state index contributed by atoms with van der Waals surface area (Å²) in [4.78, 5) is 11.1. The SMILES string of the molecule is C=CCCCCCCCC/C=C(/C=O)CCCCCCCC=C. The van der Waals surface area contributed by atoms with E-state index in [1.54, 1.807) is 0 Å². The van der Waals surface area contributed by atoms with Gasteiger partial charge in [0.15, 0.2) is 0 Å². The number of carbonyl (C=O) groups excluding carboxylic acids is 1. The van der Waals surface area contributed by atoms with Crippen LogP contribution >= 0.6 is 0 Å². The lowest BCUT2D eigenvalue weighted by atomic mass is 10.0. The second kappa shape index (κ2) is 18.9. The number of hydrogen-bond acceptors (Lipinski definition) is 1. The van der Waals surface area contributed by atoms with Crippen LogP contribution in [0.1, 0.15) is 96.3 Å². The lowest BCUT2D eigenvalue weighted by Crippen LogP contribution is -1.88. The number of aldehydes is 1. The third kappa shape index (κ3) is 17.1. The maximum atomic E-state index is 11.1. The Hall–Kier alpha value is -1.11. The lowest BCUT2D eigenvalue weighted by Gasteiger charge is -2.02. The van der Waals surface area contributed by atoms with Crippen molar-refractivity contribution in [3.05, 3.63) is 37.0 Å². The van der Waals surface area contributed by atoms with Crippen molar-refractivity contribution in [3.8, 4) is 0 Å². The fourth-order valence-electron chi connectivity index (χ4n) is 2.78. The average Bonchev–Trinajstić information content (AvgIpc) is 2.57. The van der Waals surface area contributed by atoms with Crippen LogP contribution in [0.4, 0.5) is 0 Å². The van der Waals surface area contributed by atoms with Crippen LogP contribution in [-0.2, 0) is 4.79 Å². The molecule has 0 amide bonds. The van der Waals surface area contributed by atoms with Gasteiger partial charge in [-0.05, 0) is 56.9 Å². The van der Waals surface area contributed by atoms with Crippen LogP contribution in [0.5, 0.6) is 0 Å². The lowest BCUT2D eigenvalue weighted by molar-refractivity contribution is -0.105. The predicted octanol–water partition coefficient (Wildman–Crippen LogP) is 7.34. The highest BCUT2D eigenvalue weighted by molar-refractivity contribution is 5.72. The summed E-state index contributed by atoms with van der Waals surface area (Å²) in [5, 5.41) is 0. The molecule has 0 aromatic rings. The van der Waals surface area contributed by atoms with Gasteiger partial charge in [-0.3, -0.25) is 4.79 Å². The first kappa shape index (κ1) is 21.9. The summed E-state index contributed by atoms with van der Waals surface area (Å²) >= 11 is 0. The topological polar surface area (TPSA) is 17.1 Å². The Morgan fingerprint density at radius 2 is 1.04 bits per heavy atom. The van der Waals surface area contributed by atoms with E-state index in [0.717, 1.165) is 44.0 Å². The molecule has 0 radical (unpaired) electrons. The molecule has 0 spiro atoms. The molecule has 0 aliphatic rings. The monoisotopic (exact) mass is 318 g/mol. The van der Waals surface area contributed by atoms with E-state index in [4.69, 9.17) is 0 Å². The molecule has 0 saturated carbocycles. The van der Waals surface area contributed by atoms with Gasteiger partial charge in [-0.2, -0.15) is 0 Å². The molecular formula is C22H38O. The van der Waals surface area contributed by atoms with E-state index in [0.29, 0.717) is 0 Å². The Morgan fingerprint density at radius 1 is 0.609 bits per heavy atom. The number of rotatable bonds is 18. The highest BCUT2D eigenvalue weighted by Gasteiger charge is 1.97. The van der Waals surface area contributed by atoms with Gasteiger partial charge in [0, 0.05) is 0 Å². The Kier molecular flexibility index (Phi) is 18.0. The zero-order valence-corrected chi connectivity index (χ0v) is 15.2. The normalized spacial score (nSPS) is 11.4. The van der Waals surface area contributed by atoms with Gasteiger partial charge in [-0.15, -0.1) is 13.2 Å². The van der Waals surface area contributed by atoms with Crippen LogP contribution in [0.3, 0.4) is 0 Å². The largest absolute Gasteiger partial charge is 0.298 e. The number of allylic oxidation sites excluding steroid dienone is 4. The third-order valence-electron chi connectivity index (χ3n) is 4.29. The van der Waals surface area contributed by atoms with Crippen LogP contribution < -0.4 is 0 Å². The van der Waals surface area contributed by atoms with E-state index >= 15 is 0 Å². The first-order chi connectivity index (χ1) is 11.3. The van der Waals surface area contributed by atoms with E-state index in [9.17, 15) is 4.79 Å². The summed E-state index contributed by atoms with van der Waals surface area (Å²) in [6, 6.07) is 0. The number of hydrogen-bond donors (Lipinski definition) is 0. The minimum absolute atomic E-state index is 0.965. The molecule has 0 heterocycles. The summed E-state index contributed by atoms with van der Waals surface area (Å²) in [6.45, 7) is 7.49. The highest BCUT2D eigenvalue weighted by Crippen LogP contribution is 2.13. The Morgan fingerprint density at radius 3 is 1.52 bits per heavy atom. The van der Waals surface area contributed by atoms with Crippen molar-refractivity contribution in [2.75, 3.05) is 0 Å².